The van der Waals surface area contributed by atoms with E-state index < -0.39 is 5.97 Å². The lowest BCUT2D eigenvalue weighted by Crippen LogP contribution is -2.24. The number of aryl methyl sites for hydroxylation is 1. The summed E-state index contributed by atoms with van der Waals surface area (Å²) in [7, 11) is 0. The normalized spacial score (nSPS) is 23.1. The Kier molecular flexibility index (Phi) is 4.26. The summed E-state index contributed by atoms with van der Waals surface area (Å²) in [6.07, 6.45) is 6.72. The van der Waals surface area contributed by atoms with Crippen LogP contribution < -0.4 is 0 Å². The van der Waals surface area contributed by atoms with E-state index in [9.17, 15) is 9.90 Å². The number of aliphatic carboxylic acids is 1. The Morgan fingerprint density at radius 1 is 1.17 bits per heavy atom. The topological polar surface area (TPSA) is 94.0 Å². The smallest absolute Gasteiger partial charge is 0.306 e. The molecule has 0 bridgehead atoms. The maximum absolute atomic E-state index is 11.2. The predicted molar refractivity (Wildman–Crippen MR) is 105 cm³/mol. The molecule has 2 saturated carbocycles. The fourth-order valence-electron chi connectivity index (χ4n) is 4.71. The van der Waals surface area contributed by atoms with Crippen LogP contribution in [0.4, 0.5) is 0 Å². The molecule has 7 nitrogen and oxygen atoms in total. The van der Waals surface area contributed by atoms with E-state index in [1.165, 1.54) is 11.1 Å². The molecule has 2 aromatic heterocycles. The number of hydrogen-bond donors (Lipinski definition) is 1. The van der Waals surface area contributed by atoms with Crippen molar-refractivity contribution in [1.82, 2.24) is 19.9 Å². The minimum atomic E-state index is -0.698. The van der Waals surface area contributed by atoms with Gasteiger partial charge in [0.15, 0.2) is 5.82 Å². The van der Waals surface area contributed by atoms with Crippen LogP contribution in [0.25, 0.3) is 11.6 Å². The Bertz CT molecular complexity index is 1040. The maximum atomic E-state index is 11.2. The Morgan fingerprint density at radius 3 is 2.62 bits per heavy atom. The first-order valence-electron chi connectivity index (χ1n) is 10.3. The van der Waals surface area contributed by atoms with Crippen molar-refractivity contribution in [3.05, 3.63) is 53.5 Å². The van der Waals surface area contributed by atoms with E-state index in [0.717, 1.165) is 37.2 Å². The van der Waals surface area contributed by atoms with Crippen LogP contribution in [0.1, 0.15) is 61.5 Å². The first-order chi connectivity index (χ1) is 14.1. The van der Waals surface area contributed by atoms with E-state index in [1.54, 1.807) is 6.20 Å². The van der Waals surface area contributed by atoms with Crippen molar-refractivity contribution in [2.75, 3.05) is 0 Å². The van der Waals surface area contributed by atoms with Crippen molar-refractivity contribution >= 4 is 5.97 Å². The van der Waals surface area contributed by atoms with E-state index >= 15 is 0 Å². The molecule has 0 unspecified atom stereocenters. The number of hydrogen-bond acceptors (Lipinski definition) is 5. The second-order valence-corrected chi connectivity index (χ2v) is 8.32. The van der Waals surface area contributed by atoms with Crippen LogP contribution in [0.15, 0.2) is 41.1 Å². The zero-order chi connectivity index (χ0) is 20.0. The van der Waals surface area contributed by atoms with Crippen molar-refractivity contribution in [3.8, 4) is 11.6 Å². The average molecular weight is 392 g/mol. The Hall–Kier alpha value is -2.96. The third-order valence-corrected chi connectivity index (χ3v) is 6.55. The van der Waals surface area contributed by atoms with Crippen LogP contribution in [0.3, 0.4) is 0 Å². The zero-order valence-corrected chi connectivity index (χ0v) is 16.4. The molecule has 0 atom stereocenters. The van der Waals surface area contributed by atoms with Gasteiger partial charge in [0.05, 0.1) is 17.4 Å². The van der Waals surface area contributed by atoms with Crippen LogP contribution in [-0.2, 0) is 10.2 Å². The SMILES string of the molecule is Cc1ccccc1C1(c2noc(-c3ccnn3C3CCC(C(=O)O)CC3)n2)CC1. The van der Waals surface area contributed by atoms with E-state index in [0.29, 0.717) is 18.7 Å². The standard InChI is InChI=1S/C22H24N4O3/c1-14-4-2-3-5-17(14)22(11-12-22)21-24-19(29-25-21)18-10-13-23-26(18)16-8-6-15(7-9-16)20(27)28/h2-5,10,13,15-16H,6-9,11-12H2,1H3,(H,27,28). The van der Waals surface area contributed by atoms with Crippen molar-refractivity contribution in [2.24, 2.45) is 5.92 Å². The number of carboxylic acids is 1. The summed E-state index contributed by atoms with van der Waals surface area (Å²) in [6, 6.07) is 10.5. The third-order valence-electron chi connectivity index (χ3n) is 6.55. The molecule has 0 aliphatic heterocycles. The second-order valence-electron chi connectivity index (χ2n) is 8.32. The summed E-state index contributed by atoms with van der Waals surface area (Å²) < 4.78 is 7.60. The van der Waals surface area contributed by atoms with Crippen LogP contribution in [-0.4, -0.2) is 31.0 Å². The molecule has 1 aromatic carbocycles. The number of carboxylic acid groups (broad SMARTS) is 1. The van der Waals surface area contributed by atoms with Gasteiger partial charge in [-0.3, -0.25) is 9.48 Å². The van der Waals surface area contributed by atoms with Crippen molar-refractivity contribution in [2.45, 2.75) is 56.9 Å². The summed E-state index contributed by atoms with van der Waals surface area (Å²) in [4.78, 5) is 16.0. The van der Waals surface area contributed by atoms with Gasteiger partial charge in [0.1, 0.15) is 5.69 Å². The average Bonchev–Trinajstić information content (AvgIpc) is 3.15. The van der Waals surface area contributed by atoms with Gasteiger partial charge in [0, 0.05) is 6.20 Å². The maximum Gasteiger partial charge on any atom is 0.306 e. The van der Waals surface area contributed by atoms with Gasteiger partial charge in [-0.1, -0.05) is 29.4 Å². The summed E-state index contributed by atoms with van der Waals surface area (Å²) >= 11 is 0. The Morgan fingerprint density at radius 2 is 1.93 bits per heavy atom. The highest BCUT2D eigenvalue weighted by molar-refractivity contribution is 5.70. The van der Waals surface area contributed by atoms with Gasteiger partial charge in [0.25, 0.3) is 5.89 Å². The van der Waals surface area contributed by atoms with Crippen LogP contribution >= 0.6 is 0 Å². The molecule has 0 radical (unpaired) electrons. The summed E-state index contributed by atoms with van der Waals surface area (Å²) in [5.41, 5.74) is 3.19. The number of benzene rings is 1. The molecule has 29 heavy (non-hydrogen) atoms. The third kappa shape index (κ3) is 3.05. The van der Waals surface area contributed by atoms with E-state index in [-0.39, 0.29) is 17.4 Å². The second kappa shape index (κ2) is 6.83. The number of aromatic nitrogens is 4. The van der Waals surface area contributed by atoms with Crippen LogP contribution in [0.5, 0.6) is 0 Å². The lowest BCUT2D eigenvalue weighted by atomic mass is 9.86. The van der Waals surface area contributed by atoms with Gasteiger partial charge in [0.2, 0.25) is 0 Å². The Balaban J connectivity index is 1.41. The molecule has 1 N–H and O–H groups in total. The molecule has 7 heteroatoms. The highest BCUT2D eigenvalue weighted by Gasteiger charge is 2.50. The first kappa shape index (κ1) is 18.1. The monoisotopic (exact) mass is 392 g/mol. The largest absolute Gasteiger partial charge is 0.481 e. The molecule has 2 aliphatic rings. The van der Waals surface area contributed by atoms with Gasteiger partial charge in [-0.25, -0.2) is 0 Å². The predicted octanol–water partition coefficient (Wildman–Crippen LogP) is 4.14. The lowest BCUT2D eigenvalue weighted by Gasteiger charge is -2.27. The molecular weight excluding hydrogens is 368 g/mol. The molecule has 3 aromatic rings. The first-order valence-corrected chi connectivity index (χ1v) is 10.3. The van der Waals surface area contributed by atoms with Crippen molar-refractivity contribution in [1.29, 1.82) is 0 Å². The molecule has 2 aliphatic carbocycles. The molecular formula is C22H24N4O3. The van der Waals surface area contributed by atoms with Crippen molar-refractivity contribution in [3.63, 3.8) is 0 Å². The molecule has 2 fully saturated rings. The van der Waals surface area contributed by atoms with Crippen LogP contribution in [0.2, 0.25) is 0 Å². The molecule has 2 heterocycles. The summed E-state index contributed by atoms with van der Waals surface area (Å²) in [5.74, 6) is 0.280. The van der Waals surface area contributed by atoms with E-state index in [4.69, 9.17) is 9.51 Å². The van der Waals surface area contributed by atoms with E-state index in [1.807, 2.05) is 16.8 Å². The van der Waals surface area contributed by atoms with Gasteiger partial charge in [-0.2, -0.15) is 10.1 Å². The highest BCUT2D eigenvalue weighted by Crippen LogP contribution is 2.53. The fraction of sp³-hybridized carbons (Fsp3) is 0.455. The number of rotatable bonds is 5. The van der Waals surface area contributed by atoms with Crippen LogP contribution in [0, 0.1) is 12.8 Å². The van der Waals surface area contributed by atoms with Gasteiger partial charge < -0.3 is 9.63 Å². The van der Waals surface area contributed by atoms with Gasteiger partial charge >= 0.3 is 5.97 Å². The molecule has 0 amide bonds. The quantitative estimate of drug-likeness (QED) is 0.701. The Labute approximate surface area is 168 Å². The van der Waals surface area contributed by atoms with Gasteiger partial charge in [-0.05, 0) is 62.6 Å². The minimum Gasteiger partial charge on any atom is -0.481 e. The minimum absolute atomic E-state index is 0.141. The summed E-state index contributed by atoms with van der Waals surface area (Å²) in [6.45, 7) is 2.12. The number of carbonyl (C=O) groups is 1. The van der Waals surface area contributed by atoms with Crippen molar-refractivity contribution < 1.29 is 14.4 Å². The lowest BCUT2D eigenvalue weighted by molar-refractivity contribution is -0.143. The highest BCUT2D eigenvalue weighted by atomic mass is 16.5. The zero-order valence-electron chi connectivity index (χ0n) is 16.4. The number of nitrogens with zero attached hydrogens (tertiary/aromatic N) is 4. The molecule has 5 rings (SSSR count). The molecule has 0 saturated heterocycles. The van der Waals surface area contributed by atoms with Gasteiger partial charge in [-0.15, -0.1) is 0 Å². The fourth-order valence-corrected chi connectivity index (χ4v) is 4.71. The van der Waals surface area contributed by atoms with E-state index in [2.05, 4.69) is 35.4 Å². The molecule has 150 valence electrons. The molecule has 0 spiro atoms. The summed E-state index contributed by atoms with van der Waals surface area (Å²) in [5, 5.41) is 18.1.